The molecule has 0 radical (unpaired) electrons. The van der Waals surface area contributed by atoms with E-state index in [0.29, 0.717) is 6.54 Å². The van der Waals surface area contributed by atoms with Crippen molar-refractivity contribution in [2.75, 3.05) is 26.2 Å². The Bertz CT molecular complexity index is 444. The monoisotopic (exact) mass is 320 g/mol. The van der Waals surface area contributed by atoms with Crippen LogP contribution in [-0.2, 0) is 6.54 Å². The Balaban J connectivity index is 1.62. The van der Waals surface area contributed by atoms with Crippen LogP contribution in [-0.4, -0.2) is 43.1 Å². The number of aliphatic imine (C=N–C) groups is 1. The van der Waals surface area contributed by atoms with E-state index in [1.807, 2.05) is 12.1 Å². The molecule has 1 atom stereocenters. The molecule has 2 rings (SSSR count). The summed E-state index contributed by atoms with van der Waals surface area (Å²) in [5, 5.41) is 6.69. The Morgan fingerprint density at radius 2 is 2.26 bits per heavy atom. The molecule has 1 fully saturated rings. The van der Waals surface area contributed by atoms with Crippen molar-refractivity contribution >= 4 is 5.96 Å². The van der Waals surface area contributed by atoms with Gasteiger partial charge in [0, 0.05) is 19.1 Å². The molecule has 0 bridgehead atoms. The summed E-state index contributed by atoms with van der Waals surface area (Å²) in [5.41, 5.74) is 0. The Hall–Kier alpha value is -1.49. The molecular formula is C18H32N4O. The van der Waals surface area contributed by atoms with Crippen LogP contribution in [0.3, 0.4) is 0 Å². The smallest absolute Gasteiger partial charge is 0.191 e. The van der Waals surface area contributed by atoms with Gasteiger partial charge in [-0.2, -0.15) is 0 Å². The topological polar surface area (TPSA) is 52.8 Å². The molecule has 1 aromatic rings. The Kier molecular flexibility index (Phi) is 8.01. The van der Waals surface area contributed by atoms with E-state index in [2.05, 4.69) is 34.4 Å². The molecule has 1 saturated heterocycles. The standard InChI is InChI=1S/C18H32N4O/c1-3-19-18(21-15-17-10-8-14-23-17)20-11-5-7-13-22-12-6-4-9-16(22)2/h8,10,14,16H,3-7,9,11-13,15H2,1-2H3,(H2,19,20,21). The zero-order valence-electron chi connectivity index (χ0n) is 14.7. The summed E-state index contributed by atoms with van der Waals surface area (Å²) in [4.78, 5) is 7.18. The summed E-state index contributed by atoms with van der Waals surface area (Å²) in [7, 11) is 0. The van der Waals surface area contributed by atoms with E-state index in [9.17, 15) is 0 Å². The lowest BCUT2D eigenvalue weighted by molar-refractivity contribution is 0.158. The molecule has 5 nitrogen and oxygen atoms in total. The van der Waals surface area contributed by atoms with Gasteiger partial charge in [-0.05, 0) is 64.8 Å². The fourth-order valence-corrected chi connectivity index (χ4v) is 3.04. The fraction of sp³-hybridized carbons (Fsp3) is 0.722. The lowest BCUT2D eigenvalue weighted by Crippen LogP contribution is -2.39. The van der Waals surface area contributed by atoms with E-state index in [1.54, 1.807) is 6.26 Å². The fourth-order valence-electron chi connectivity index (χ4n) is 3.04. The molecule has 1 aromatic heterocycles. The van der Waals surface area contributed by atoms with Crippen LogP contribution in [0.4, 0.5) is 0 Å². The highest BCUT2D eigenvalue weighted by molar-refractivity contribution is 5.79. The van der Waals surface area contributed by atoms with Crippen molar-refractivity contribution in [3.8, 4) is 0 Å². The van der Waals surface area contributed by atoms with Crippen molar-refractivity contribution in [1.82, 2.24) is 15.5 Å². The molecule has 2 N–H and O–H groups in total. The minimum atomic E-state index is 0.577. The normalized spacial score (nSPS) is 19.7. The van der Waals surface area contributed by atoms with Gasteiger partial charge in [0.1, 0.15) is 12.3 Å². The molecule has 0 amide bonds. The zero-order chi connectivity index (χ0) is 16.3. The van der Waals surface area contributed by atoms with Gasteiger partial charge in [-0.15, -0.1) is 0 Å². The Labute approximate surface area is 140 Å². The van der Waals surface area contributed by atoms with Crippen molar-refractivity contribution in [2.24, 2.45) is 4.99 Å². The summed E-state index contributed by atoms with van der Waals surface area (Å²) in [6.07, 6.45) is 8.24. The van der Waals surface area contributed by atoms with Gasteiger partial charge in [0.2, 0.25) is 0 Å². The largest absolute Gasteiger partial charge is 0.467 e. The number of nitrogens with zero attached hydrogens (tertiary/aromatic N) is 2. The molecule has 1 aliphatic rings. The number of unbranched alkanes of at least 4 members (excludes halogenated alkanes) is 1. The molecule has 130 valence electrons. The molecule has 0 spiro atoms. The summed E-state index contributed by atoms with van der Waals surface area (Å²) in [5.74, 6) is 1.76. The first-order valence-electron chi connectivity index (χ1n) is 9.08. The first-order valence-corrected chi connectivity index (χ1v) is 9.08. The maximum Gasteiger partial charge on any atom is 0.191 e. The maximum absolute atomic E-state index is 5.31. The van der Waals surface area contributed by atoms with Gasteiger partial charge in [-0.1, -0.05) is 6.42 Å². The molecule has 1 aliphatic heterocycles. The second-order valence-corrected chi connectivity index (χ2v) is 6.29. The zero-order valence-corrected chi connectivity index (χ0v) is 14.7. The number of rotatable bonds is 8. The average molecular weight is 320 g/mol. The molecule has 1 unspecified atom stereocenters. The highest BCUT2D eigenvalue weighted by atomic mass is 16.3. The summed E-state index contributed by atoms with van der Waals surface area (Å²) < 4.78 is 5.31. The average Bonchev–Trinajstić information content (AvgIpc) is 3.07. The number of furan rings is 1. The highest BCUT2D eigenvalue weighted by Gasteiger charge is 2.16. The predicted molar refractivity (Wildman–Crippen MR) is 95.6 cm³/mol. The van der Waals surface area contributed by atoms with E-state index < -0.39 is 0 Å². The van der Waals surface area contributed by atoms with Crippen LogP contribution < -0.4 is 10.6 Å². The van der Waals surface area contributed by atoms with Crippen molar-refractivity contribution in [3.63, 3.8) is 0 Å². The maximum atomic E-state index is 5.31. The third-order valence-electron chi connectivity index (χ3n) is 4.42. The lowest BCUT2D eigenvalue weighted by Gasteiger charge is -2.33. The van der Waals surface area contributed by atoms with Crippen LogP contribution in [0.15, 0.2) is 27.8 Å². The molecule has 0 aliphatic carbocycles. The van der Waals surface area contributed by atoms with E-state index in [0.717, 1.165) is 30.9 Å². The highest BCUT2D eigenvalue weighted by Crippen LogP contribution is 2.16. The minimum Gasteiger partial charge on any atom is -0.467 e. The van der Waals surface area contributed by atoms with Crippen molar-refractivity contribution < 1.29 is 4.42 Å². The van der Waals surface area contributed by atoms with Gasteiger partial charge in [0.15, 0.2) is 5.96 Å². The third kappa shape index (κ3) is 6.65. The second kappa shape index (κ2) is 10.3. The van der Waals surface area contributed by atoms with E-state index >= 15 is 0 Å². The first-order chi connectivity index (χ1) is 11.3. The van der Waals surface area contributed by atoms with Gasteiger partial charge in [0.05, 0.1) is 6.26 Å². The van der Waals surface area contributed by atoms with Crippen LogP contribution in [0.5, 0.6) is 0 Å². The van der Waals surface area contributed by atoms with Gasteiger partial charge < -0.3 is 20.0 Å². The van der Waals surface area contributed by atoms with Crippen molar-refractivity contribution in [1.29, 1.82) is 0 Å². The van der Waals surface area contributed by atoms with Gasteiger partial charge >= 0.3 is 0 Å². The molecule has 0 saturated carbocycles. The number of guanidine groups is 1. The van der Waals surface area contributed by atoms with Crippen LogP contribution in [0.25, 0.3) is 0 Å². The molecule has 2 heterocycles. The minimum absolute atomic E-state index is 0.577. The molecule has 0 aromatic carbocycles. The number of likely N-dealkylation sites (tertiary alicyclic amines) is 1. The second-order valence-electron chi connectivity index (χ2n) is 6.29. The summed E-state index contributed by atoms with van der Waals surface area (Å²) >= 11 is 0. The summed E-state index contributed by atoms with van der Waals surface area (Å²) in [6, 6.07) is 4.61. The van der Waals surface area contributed by atoms with Crippen LogP contribution in [0.2, 0.25) is 0 Å². The van der Waals surface area contributed by atoms with Crippen LogP contribution in [0, 0.1) is 0 Å². The van der Waals surface area contributed by atoms with E-state index in [-0.39, 0.29) is 0 Å². The number of piperidine rings is 1. The predicted octanol–water partition coefficient (Wildman–Crippen LogP) is 2.99. The van der Waals surface area contributed by atoms with Crippen molar-refractivity contribution in [3.05, 3.63) is 24.2 Å². The first kappa shape index (κ1) is 17.9. The summed E-state index contributed by atoms with van der Waals surface area (Å²) in [6.45, 7) is 9.36. The van der Waals surface area contributed by atoms with Gasteiger partial charge in [0.25, 0.3) is 0 Å². The molecule has 5 heteroatoms. The number of hydrogen-bond donors (Lipinski definition) is 2. The quantitative estimate of drug-likeness (QED) is 0.439. The lowest BCUT2D eigenvalue weighted by atomic mass is 10.0. The van der Waals surface area contributed by atoms with Crippen LogP contribution >= 0.6 is 0 Å². The number of hydrogen-bond acceptors (Lipinski definition) is 3. The molecular weight excluding hydrogens is 288 g/mol. The van der Waals surface area contributed by atoms with Crippen molar-refractivity contribution in [2.45, 2.75) is 58.5 Å². The Morgan fingerprint density at radius 3 is 3.00 bits per heavy atom. The third-order valence-corrected chi connectivity index (χ3v) is 4.42. The SMILES string of the molecule is CCNC(=NCc1ccco1)NCCCCN1CCCCC1C. The van der Waals surface area contributed by atoms with Gasteiger partial charge in [-0.25, -0.2) is 4.99 Å². The van der Waals surface area contributed by atoms with Crippen LogP contribution in [0.1, 0.15) is 51.7 Å². The van der Waals surface area contributed by atoms with E-state index in [4.69, 9.17) is 4.42 Å². The van der Waals surface area contributed by atoms with Gasteiger partial charge in [-0.3, -0.25) is 0 Å². The van der Waals surface area contributed by atoms with E-state index in [1.165, 1.54) is 45.2 Å². The Morgan fingerprint density at radius 1 is 1.35 bits per heavy atom. The number of nitrogens with one attached hydrogen (secondary N) is 2. The molecule has 23 heavy (non-hydrogen) atoms.